The SMILES string of the molecule is CC1C2CNCC2CN1C(=O)c1ccc(Br)o1. The molecule has 1 aromatic heterocycles. The molecule has 3 unspecified atom stereocenters. The highest BCUT2D eigenvalue weighted by Crippen LogP contribution is 2.33. The zero-order valence-corrected chi connectivity index (χ0v) is 11.2. The van der Waals surface area contributed by atoms with E-state index in [1.165, 1.54) is 0 Å². The van der Waals surface area contributed by atoms with Gasteiger partial charge in [-0.3, -0.25) is 4.79 Å². The lowest BCUT2D eigenvalue weighted by Gasteiger charge is -2.23. The number of fused-ring (bicyclic) bond motifs is 1. The lowest BCUT2D eigenvalue weighted by molar-refractivity contribution is 0.0695. The third-order valence-corrected chi connectivity index (χ3v) is 4.41. The molecule has 0 aliphatic carbocycles. The molecule has 1 N–H and O–H groups in total. The molecule has 17 heavy (non-hydrogen) atoms. The van der Waals surface area contributed by atoms with Gasteiger partial charge in [-0.15, -0.1) is 0 Å². The maximum Gasteiger partial charge on any atom is 0.289 e. The van der Waals surface area contributed by atoms with Crippen molar-refractivity contribution in [2.24, 2.45) is 11.8 Å². The van der Waals surface area contributed by atoms with E-state index in [2.05, 4.69) is 28.2 Å². The molecule has 92 valence electrons. The smallest absolute Gasteiger partial charge is 0.289 e. The molecule has 2 aliphatic heterocycles. The van der Waals surface area contributed by atoms with Gasteiger partial charge < -0.3 is 14.6 Å². The Bertz CT molecular complexity index is 445. The number of nitrogens with one attached hydrogen (secondary N) is 1. The monoisotopic (exact) mass is 298 g/mol. The Hall–Kier alpha value is -0.810. The van der Waals surface area contributed by atoms with Crippen LogP contribution in [0.4, 0.5) is 0 Å². The average Bonchev–Trinajstić information content (AvgIpc) is 2.96. The van der Waals surface area contributed by atoms with Gasteiger partial charge in [-0.2, -0.15) is 0 Å². The normalized spacial score (nSPS) is 31.9. The van der Waals surface area contributed by atoms with E-state index >= 15 is 0 Å². The standard InChI is InChI=1S/C12H15BrN2O2/c1-7-9-5-14-4-8(9)6-15(7)12(16)10-2-3-11(13)17-10/h2-3,7-9,14H,4-6H2,1H3. The lowest BCUT2D eigenvalue weighted by Crippen LogP contribution is -2.37. The van der Waals surface area contributed by atoms with E-state index < -0.39 is 0 Å². The molecule has 2 aliphatic rings. The minimum absolute atomic E-state index is 0.0117. The summed E-state index contributed by atoms with van der Waals surface area (Å²) in [6.45, 7) is 5.03. The number of rotatable bonds is 1. The van der Waals surface area contributed by atoms with E-state index in [1.54, 1.807) is 12.1 Å². The molecule has 3 atom stereocenters. The molecule has 0 bridgehead atoms. The largest absolute Gasteiger partial charge is 0.444 e. The fourth-order valence-corrected chi connectivity index (χ4v) is 3.31. The average molecular weight is 299 g/mol. The first kappa shape index (κ1) is 11.3. The second kappa shape index (κ2) is 4.14. The first-order valence-corrected chi connectivity index (χ1v) is 6.73. The van der Waals surface area contributed by atoms with Crippen molar-refractivity contribution in [1.82, 2.24) is 10.2 Å². The van der Waals surface area contributed by atoms with Crippen molar-refractivity contribution in [3.8, 4) is 0 Å². The van der Waals surface area contributed by atoms with Gasteiger partial charge in [0.2, 0.25) is 0 Å². The minimum atomic E-state index is 0.0117. The van der Waals surface area contributed by atoms with Crippen LogP contribution in [0.3, 0.4) is 0 Å². The Balaban J connectivity index is 1.79. The highest BCUT2D eigenvalue weighted by atomic mass is 79.9. The summed E-state index contributed by atoms with van der Waals surface area (Å²) in [5, 5.41) is 3.39. The van der Waals surface area contributed by atoms with Crippen LogP contribution < -0.4 is 5.32 Å². The van der Waals surface area contributed by atoms with E-state index in [4.69, 9.17) is 4.42 Å². The molecule has 1 aromatic rings. The van der Waals surface area contributed by atoms with Gasteiger partial charge in [0.05, 0.1) is 0 Å². The summed E-state index contributed by atoms with van der Waals surface area (Å²) in [7, 11) is 0. The maximum absolute atomic E-state index is 12.3. The highest BCUT2D eigenvalue weighted by molar-refractivity contribution is 9.10. The van der Waals surface area contributed by atoms with Gasteiger partial charge in [0.25, 0.3) is 5.91 Å². The predicted octanol–water partition coefficient (Wildman–Crippen LogP) is 1.72. The van der Waals surface area contributed by atoms with Gasteiger partial charge >= 0.3 is 0 Å². The van der Waals surface area contributed by atoms with Crippen molar-refractivity contribution in [1.29, 1.82) is 0 Å². The summed E-state index contributed by atoms with van der Waals surface area (Å²) in [5.41, 5.74) is 0. The second-order valence-electron chi connectivity index (χ2n) is 4.88. The Kier molecular flexibility index (Phi) is 2.75. The number of halogens is 1. The minimum Gasteiger partial charge on any atom is -0.444 e. The number of hydrogen-bond donors (Lipinski definition) is 1. The Morgan fingerprint density at radius 3 is 3.00 bits per heavy atom. The van der Waals surface area contributed by atoms with E-state index in [-0.39, 0.29) is 5.91 Å². The van der Waals surface area contributed by atoms with Crippen molar-refractivity contribution in [2.75, 3.05) is 19.6 Å². The molecule has 0 spiro atoms. The Morgan fingerprint density at radius 1 is 1.53 bits per heavy atom. The van der Waals surface area contributed by atoms with Crippen LogP contribution >= 0.6 is 15.9 Å². The number of amides is 1. The van der Waals surface area contributed by atoms with Crippen molar-refractivity contribution < 1.29 is 9.21 Å². The summed E-state index contributed by atoms with van der Waals surface area (Å²) in [6, 6.07) is 3.79. The lowest BCUT2D eigenvalue weighted by atomic mass is 9.95. The highest BCUT2D eigenvalue weighted by Gasteiger charge is 2.44. The summed E-state index contributed by atoms with van der Waals surface area (Å²) in [6.07, 6.45) is 0. The van der Waals surface area contributed by atoms with Crippen LogP contribution in [0.15, 0.2) is 21.2 Å². The van der Waals surface area contributed by atoms with Crippen molar-refractivity contribution in [3.63, 3.8) is 0 Å². The van der Waals surface area contributed by atoms with Crippen LogP contribution in [-0.2, 0) is 0 Å². The van der Waals surface area contributed by atoms with E-state index in [0.717, 1.165) is 19.6 Å². The number of carbonyl (C=O) groups excluding carboxylic acids is 1. The van der Waals surface area contributed by atoms with Gasteiger partial charge in [0, 0.05) is 25.7 Å². The number of furan rings is 1. The molecule has 2 saturated heterocycles. The van der Waals surface area contributed by atoms with Gasteiger partial charge in [-0.1, -0.05) is 0 Å². The molecular formula is C12H15BrN2O2. The molecule has 2 fully saturated rings. The number of nitrogens with zero attached hydrogens (tertiary/aromatic N) is 1. The number of likely N-dealkylation sites (tertiary alicyclic amines) is 1. The molecule has 0 aromatic carbocycles. The fourth-order valence-electron chi connectivity index (χ4n) is 3.01. The molecular weight excluding hydrogens is 284 g/mol. The molecule has 1 amide bonds. The Morgan fingerprint density at radius 2 is 2.35 bits per heavy atom. The van der Waals surface area contributed by atoms with Crippen LogP contribution in [0.1, 0.15) is 17.5 Å². The topological polar surface area (TPSA) is 45.5 Å². The molecule has 5 heteroatoms. The summed E-state index contributed by atoms with van der Waals surface area (Å²) >= 11 is 3.23. The molecule has 0 saturated carbocycles. The Labute approximate surface area is 108 Å². The van der Waals surface area contributed by atoms with E-state index in [1.807, 2.05) is 4.90 Å². The van der Waals surface area contributed by atoms with Crippen molar-refractivity contribution >= 4 is 21.8 Å². The zero-order chi connectivity index (χ0) is 12.0. The predicted molar refractivity (Wildman–Crippen MR) is 66.8 cm³/mol. The van der Waals surface area contributed by atoms with Gasteiger partial charge in [0.15, 0.2) is 10.4 Å². The first-order chi connectivity index (χ1) is 8.16. The third kappa shape index (κ3) is 1.81. The second-order valence-corrected chi connectivity index (χ2v) is 5.67. The van der Waals surface area contributed by atoms with Gasteiger partial charge in [-0.05, 0) is 46.8 Å². The van der Waals surface area contributed by atoms with Crippen LogP contribution in [0.5, 0.6) is 0 Å². The summed E-state index contributed by atoms with van der Waals surface area (Å²) < 4.78 is 5.94. The van der Waals surface area contributed by atoms with E-state index in [9.17, 15) is 4.79 Å². The molecule has 0 radical (unpaired) electrons. The maximum atomic E-state index is 12.3. The third-order valence-electron chi connectivity index (χ3n) is 3.98. The van der Waals surface area contributed by atoms with Gasteiger partial charge in [-0.25, -0.2) is 0 Å². The molecule has 3 heterocycles. The first-order valence-electron chi connectivity index (χ1n) is 5.94. The summed E-state index contributed by atoms with van der Waals surface area (Å²) in [5.74, 6) is 1.64. The van der Waals surface area contributed by atoms with Crippen LogP contribution in [0, 0.1) is 11.8 Å². The van der Waals surface area contributed by atoms with Crippen LogP contribution in [0.25, 0.3) is 0 Å². The number of hydrogen-bond acceptors (Lipinski definition) is 3. The quantitative estimate of drug-likeness (QED) is 0.859. The van der Waals surface area contributed by atoms with Crippen molar-refractivity contribution in [3.05, 3.63) is 22.6 Å². The fraction of sp³-hybridized carbons (Fsp3) is 0.583. The number of carbonyl (C=O) groups is 1. The zero-order valence-electron chi connectivity index (χ0n) is 9.65. The van der Waals surface area contributed by atoms with Crippen LogP contribution in [0.2, 0.25) is 0 Å². The van der Waals surface area contributed by atoms with Gasteiger partial charge in [0.1, 0.15) is 0 Å². The van der Waals surface area contributed by atoms with Crippen LogP contribution in [-0.4, -0.2) is 36.5 Å². The van der Waals surface area contributed by atoms with E-state index in [0.29, 0.717) is 28.3 Å². The summed E-state index contributed by atoms with van der Waals surface area (Å²) in [4.78, 5) is 14.2. The molecule has 4 nitrogen and oxygen atoms in total. The molecule has 3 rings (SSSR count). The van der Waals surface area contributed by atoms with Crippen molar-refractivity contribution in [2.45, 2.75) is 13.0 Å².